The van der Waals surface area contributed by atoms with Crippen molar-refractivity contribution in [1.29, 1.82) is 0 Å². The molecule has 4 saturated carbocycles. The lowest BCUT2D eigenvalue weighted by molar-refractivity contribution is -0.152. The average molecular weight is 471 g/mol. The summed E-state index contributed by atoms with van der Waals surface area (Å²) >= 11 is 6.70. The normalized spacial score (nSPS) is 32.3. The molecular weight excluding hydrogens is 440 g/mol. The van der Waals surface area contributed by atoms with E-state index in [0.717, 1.165) is 30.6 Å². The van der Waals surface area contributed by atoms with Crippen molar-refractivity contribution in [1.82, 2.24) is 10.4 Å². The van der Waals surface area contributed by atoms with E-state index >= 15 is 0 Å². The van der Waals surface area contributed by atoms with Gasteiger partial charge in [0.15, 0.2) is 4.32 Å². The number of nitrogens with one attached hydrogen (secondary N) is 1. The molecule has 1 aliphatic heterocycles. The van der Waals surface area contributed by atoms with Gasteiger partial charge in [0.05, 0.1) is 16.9 Å². The maximum Gasteiger partial charge on any atom is 0.285 e. The molecule has 0 spiro atoms. The molecule has 1 aromatic carbocycles. The van der Waals surface area contributed by atoms with Gasteiger partial charge in [-0.25, -0.2) is 0 Å². The van der Waals surface area contributed by atoms with Gasteiger partial charge in [0, 0.05) is 5.56 Å². The zero-order chi connectivity index (χ0) is 22.5. The third-order valence-electron chi connectivity index (χ3n) is 7.30. The molecule has 5 fully saturated rings. The number of thiocarbonyl (C=S) groups is 1. The molecule has 1 N–H and O–H groups in total. The predicted octanol–water partition coefficient (Wildman–Crippen LogP) is 5.17. The molecule has 32 heavy (non-hydrogen) atoms. The van der Waals surface area contributed by atoms with Crippen LogP contribution in [0.3, 0.4) is 0 Å². The molecule has 4 aliphatic carbocycles. The van der Waals surface area contributed by atoms with E-state index in [4.69, 9.17) is 17.0 Å². The number of hydrazine groups is 1. The Morgan fingerprint density at radius 1 is 1.22 bits per heavy atom. The van der Waals surface area contributed by atoms with E-state index in [1.807, 2.05) is 30.3 Å². The van der Waals surface area contributed by atoms with E-state index in [9.17, 15) is 9.59 Å². The van der Waals surface area contributed by atoms with E-state index < -0.39 is 0 Å². The lowest BCUT2D eigenvalue weighted by Gasteiger charge is -2.55. The molecule has 1 saturated heterocycles. The van der Waals surface area contributed by atoms with E-state index in [-0.39, 0.29) is 17.2 Å². The van der Waals surface area contributed by atoms with Gasteiger partial charge in [-0.05, 0) is 86.6 Å². The van der Waals surface area contributed by atoms with Crippen LogP contribution < -0.4 is 10.2 Å². The van der Waals surface area contributed by atoms with Crippen molar-refractivity contribution < 1.29 is 14.3 Å². The van der Waals surface area contributed by atoms with Crippen molar-refractivity contribution >= 4 is 46.2 Å². The maximum atomic E-state index is 13.4. The molecule has 170 valence electrons. The standard InChI is InChI=1S/C25H30N2O3S2/c1-15(2)14-30-20-6-4-3-5-19(20)10-21-22(28)27(24(31)32-21)26-23(29)25-11-16-7-17(12-25)9-18(8-16)13-25/h3-6,10,15-18H,7-9,11-14H2,1-2H3,(H,26,29)/b21-10+. The van der Waals surface area contributed by atoms with Crippen molar-refractivity contribution in [3.63, 3.8) is 0 Å². The summed E-state index contributed by atoms with van der Waals surface area (Å²) in [4.78, 5) is 27.1. The summed E-state index contributed by atoms with van der Waals surface area (Å²) in [6, 6.07) is 7.67. The fraction of sp³-hybridized carbons (Fsp3) is 0.560. The first kappa shape index (κ1) is 22.0. The van der Waals surface area contributed by atoms with Crippen molar-refractivity contribution in [2.45, 2.75) is 52.4 Å². The number of ether oxygens (including phenoxy) is 1. The van der Waals surface area contributed by atoms with E-state index in [2.05, 4.69) is 19.3 Å². The molecule has 0 atom stereocenters. The topological polar surface area (TPSA) is 58.6 Å². The zero-order valence-electron chi connectivity index (χ0n) is 18.6. The fourth-order valence-electron chi connectivity index (χ4n) is 6.30. The van der Waals surface area contributed by atoms with Gasteiger partial charge >= 0.3 is 0 Å². The summed E-state index contributed by atoms with van der Waals surface area (Å²) in [6.45, 7) is 4.80. The third kappa shape index (κ3) is 4.10. The summed E-state index contributed by atoms with van der Waals surface area (Å²) in [5.74, 6) is 2.86. The number of hydrogen-bond acceptors (Lipinski definition) is 5. The molecule has 5 nitrogen and oxygen atoms in total. The van der Waals surface area contributed by atoms with Crippen LogP contribution in [0.25, 0.3) is 6.08 Å². The Kier molecular flexibility index (Phi) is 5.82. The number of carbonyl (C=O) groups is 2. The first-order valence-corrected chi connectivity index (χ1v) is 12.9. The summed E-state index contributed by atoms with van der Waals surface area (Å²) in [5, 5.41) is 1.28. The van der Waals surface area contributed by atoms with E-state index in [1.165, 1.54) is 36.0 Å². The molecular formula is C25H30N2O3S2. The van der Waals surface area contributed by atoms with Gasteiger partial charge < -0.3 is 4.74 Å². The average Bonchev–Trinajstić information content (AvgIpc) is 2.99. The molecule has 1 heterocycles. The van der Waals surface area contributed by atoms with Gasteiger partial charge in [0.1, 0.15) is 5.75 Å². The van der Waals surface area contributed by atoms with Gasteiger partial charge in [-0.2, -0.15) is 5.01 Å². The van der Waals surface area contributed by atoms with Crippen LogP contribution in [0.2, 0.25) is 0 Å². The fourth-order valence-corrected chi connectivity index (χ4v) is 7.47. The summed E-state index contributed by atoms with van der Waals surface area (Å²) in [5.41, 5.74) is 3.43. The number of thioether (sulfide) groups is 1. The minimum absolute atomic E-state index is 0.0187. The maximum absolute atomic E-state index is 13.4. The second kappa shape index (κ2) is 8.49. The highest BCUT2D eigenvalue weighted by molar-refractivity contribution is 8.26. The number of benzene rings is 1. The van der Waals surface area contributed by atoms with Crippen LogP contribution in [0.1, 0.15) is 57.9 Å². The monoisotopic (exact) mass is 470 g/mol. The summed E-state index contributed by atoms with van der Waals surface area (Å²) in [7, 11) is 0. The molecule has 5 aliphatic rings. The number of nitrogens with zero attached hydrogens (tertiary/aromatic N) is 1. The smallest absolute Gasteiger partial charge is 0.285 e. The molecule has 0 radical (unpaired) electrons. The molecule has 0 unspecified atom stereocenters. The number of hydrogen-bond donors (Lipinski definition) is 1. The molecule has 2 amide bonds. The highest BCUT2D eigenvalue weighted by Gasteiger charge is 2.55. The first-order chi connectivity index (χ1) is 15.3. The predicted molar refractivity (Wildman–Crippen MR) is 131 cm³/mol. The van der Waals surface area contributed by atoms with Gasteiger partial charge in [0.2, 0.25) is 5.91 Å². The molecule has 6 rings (SSSR count). The van der Waals surface area contributed by atoms with Gasteiger partial charge in [-0.3, -0.25) is 15.0 Å². The lowest BCUT2D eigenvalue weighted by Crippen LogP contribution is -2.57. The van der Waals surface area contributed by atoms with Crippen LogP contribution in [0.5, 0.6) is 5.75 Å². The van der Waals surface area contributed by atoms with Gasteiger partial charge in [-0.15, -0.1) is 0 Å². The van der Waals surface area contributed by atoms with E-state index in [0.29, 0.717) is 39.5 Å². The minimum atomic E-state index is -0.320. The van der Waals surface area contributed by atoms with Gasteiger partial charge in [0.25, 0.3) is 5.91 Å². The van der Waals surface area contributed by atoms with Crippen LogP contribution in [-0.4, -0.2) is 27.8 Å². The molecule has 1 aromatic rings. The van der Waals surface area contributed by atoms with Gasteiger partial charge in [-0.1, -0.05) is 43.8 Å². The SMILES string of the molecule is CC(C)COc1ccccc1/C=C1/SC(=S)N(NC(=O)C23CC4CC(CC(C4)C2)C3)C1=O. The molecule has 4 bridgehead atoms. The number of carbonyl (C=O) groups excluding carboxylic acids is 2. The Morgan fingerprint density at radius 2 is 1.84 bits per heavy atom. The highest BCUT2D eigenvalue weighted by atomic mass is 32.2. The Balaban J connectivity index is 1.31. The van der Waals surface area contributed by atoms with E-state index in [1.54, 1.807) is 0 Å². The Morgan fingerprint density at radius 3 is 2.47 bits per heavy atom. The Labute approximate surface area is 199 Å². The first-order valence-electron chi connectivity index (χ1n) is 11.6. The van der Waals surface area contributed by atoms with Crippen LogP contribution >= 0.6 is 24.0 Å². The lowest BCUT2D eigenvalue weighted by atomic mass is 9.49. The van der Waals surface area contributed by atoms with Crippen LogP contribution in [0.15, 0.2) is 29.2 Å². The summed E-state index contributed by atoms with van der Waals surface area (Å²) in [6.07, 6.45) is 8.49. The number of rotatable bonds is 6. The number of para-hydroxylation sites is 1. The third-order valence-corrected chi connectivity index (χ3v) is 8.61. The molecule has 0 aromatic heterocycles. The van der Waals surface area contributed by atoms with Crippen LogP contribution in [-0.2, 0) is 9.59 Å². The second-order valence-corrected chi connectivity index (χ2v) is 12.1. The Bertz CT molecular complexity index is 952. The van der Waals surface area contributed by atoms with Crippen LogP contribution in [0, 0.1) is 29.1 Å². The Hall–Kier alpha value is -1.86. The second-order valence-electron chi connectivity index (χ2n) is 10.4. The largest absolute Gasteiger partial charge is 0.493 e. The summed E-state index contributed by atoms with van der Waals surface area (Å²) < 4.78 is 6.29. The van der Waals surface area contributed by atoms with Crippen molar-refractivity contribution in [3.8, 4) is 5.75 Å². The van der Waals surface area contributed by atoms with Crippen LogP contribution in [0.4, 0.5) is 0 Å². The quantitative estimate of drug-likeness (QED) is 0.459. The zero-order valence-corrected chi connectivity index (χ0v) is 20.3. The molecule has 7 heteroatoms. The number of amides is 2. The van der Waals surface area contributed by atoms with Crippen molar-refractivity contribution in [2.24, 2.45) is 29.1 Å². The van der Waals surface area contributed by atoms with Crippen molar-refractivity contribution in [3.05, 3.63) is 34.7 Å². The minimum Gasteiger partial charge on any atom is -0.493 e. The van der Waals surface area contributed by atoms with Crippen molar-refractivity contribution in [2.75, 3.05) is 6.61 Å². The highest BCUT2D eigenvalue weighted by Crippen LogP contribution is 2.60.